The molecule has 1 N–H and O–H groups in total. The summed E-state index contributed by atoms with van der Waals surface area (Å²) in [6.07, 6.45) is 0. The van der Waals surface area contributed by atoms with Gasteiger partial charge in [0.2, 0.25) is 0 Å². The number of nitrogens with one attached hydrogen (secondary N) is 1. The number of methoxy groups -OCH3 is 2. The topological polar surface area (TPSA) is 65.4 Å². The van der Waals surface area contributed by atoms with Crippen LogP contribution in [0.4, 0.5) is 0 Å². The molecule has 0 spiro atoms. The van der Waals surface area contributed by atoms with Crippen molar-refractivity contribution in [2.45, 2.75) is 13.1 Å². The van der Waals surface area contributed by atoms with Crippen LogP contribution in [0, 0.1) is 0 Å². The molecule has 0 aliphatic rings. The smallest absolute Gasteiger partial charge is 0.251 e. The van der Waals surface area contributed by atoms with Crippen molar-refractivity contribution in [2.24, 2.45) is 0 Å². The highest BCUT2D eigenvalue weighted by Crippen LogP contribution is 2.32. The van der Waals surface area contributed by atoms with Crippen LogP contribution in [0.15, 0.2) is 72.1 Å². The van der Waals surface area contributed by atoms with E-state index in [0.717, 1.165) is 22.5 Å². The van der Waals surface area contributed by atoms with Gasteiger partial charge in [-0.3, -0.25) is 4.79 Å². The normalized spacial score (nSPS) is 11.0. The number of carbonyl (C=O) groups excluding carboxylic acids is 1. The predicted molar refractivity (Wildman–Crippen MR) is 149 cm³/mol. The highest BCUT2D eigenvalue weighted by Gasteiger charge is 2.17. The molecule has 0 fully saturated rings. The summed E-state index contributed by atoms with van der Waals surface area (Å²) in [5, 5.41) is 5.96. The molecule has 0 aliphatic carbocycles. The number of ether oxygens (including phenoxy) is 2. The molecule has 5 aromatic rings. The third-order valence-electron chi connectivity index (χ3n) is 6.01. The second-order valence-corrected chi connectivity index (χ2v) is 10.1. The van der Waals surface area contributed by atoms with E-state index >= 15 is 0 Å². The van der Waals surface area contributed by atoms with Crippen LogP contribution in [-0.4, -0.2) is 29.7 Å². The van der Waals surface area contributed by atoms with E-state index in [4.69, 9.17) is 37.7 Å². The fraction of sp³-hybridized carbons (Fsp3) is 0.143. The number of para-hydroxylation sites is 1. The van der Waals surface area contributed by atoms with Gasteiger partial charge in [-0.05, 0) is 53.9 Å². The van der Waals surface area contributed by atoms with Gasteiger partial charge in [-0.1, -0.05) is 41.4 Å². The molecule has 188 valence electrons. The number of amides is 1. The molecular weight excluding hydrogens is 529 g/mol. The molecule has 0 bridgehead atoms. The molecule has 2 heterocycles. The Morgan fingerprint density at radius 3 is 2.59 bits per heavy atom. The predicted octanol–water partition coefficient (Wildman–Crippen LogP) is 7.07. The van der Waals surface area contributed by atoms with Crippen molar-refractivity contribution in [3.63, 3.8) is 0 Å². The maximum atomic E-state index is 13.1. The molecule has 0 saturated heterocycles. The van der Waals surface area contributed by atoms with Crippen molar-refractivity contribution < 1.29 is 14.3 Å². The zero-order valence-electron chi connectivity index (χ0n) is 20.1. The Labute approximate surface area is 228 Å². The summed E-state index contributed by atoms with van der Waals surface area (Å²) in [5.41, 5.74) is 3.80. The summed E-state index contributed by atoms with van der Waals surface area (Å²) >= 11 is 14.1. The van der Waals surface area contributed by atoms with Crippen molar-refractivity contribution in [1.82, 2.24) is 14.9 Å². The van der Waals surface area contributed by atoms with Crippen LogP contribution in [0.25, 0.3) is 22.4 Å². The molecule has 37 heavy (non-hydrogen) atoms. The van der Waals surface area contributed by atoms with Crippen molar-refractivity contribution in [2.75, 3.05) is 14.2 Å². The molecule has 2 aromatic heterocycles. The lowest BCUT2D eigenvalue weighted by atomic mass is 10.1. The van der Waals surface area contributed by atoms with E-state index in [1.54, 1.807) is 37.7 Å². The number of fused-ring (bicyclic) bond motifs is 1. The number of carbonyl (C=O) groups is 1. The molecule has 0 radical (unpaired) electrons. The van der Waals surface area contributed by atoms with E-state index in [1.807, 2.05) is 53.9 Å². The third-order valence-corrected chi connectivity index (χ3v) is 7.61. The summed E-state index contributed by atoms with van der Waals surface area (Å²) in [6, 6.07) is 20.7. The number of hydrogen-bond acceptors (Lipinski definition) is 5. The molecule has 0 atom stereocenters. The van der Waals surface area contributed by atoms with Gasteiger partial charge < -0.3 is 19.4 Å². The average Bonchev–Trinajstić information content (AvgIpc) is 3.56. The van der Waals surface area contributed by atoms with E-state index in [0.29, 0.717) is 45.7 Å². The minimum absolute atomic E-state index is 0.212. The van der Waals surface area contributed by atoms with E-state index in [2.05, 4.69) is 16.0 Å². The van der Waals surface area contributed by atoms with Gasteiger partial charge in [-0.15, -0.1) is 11.3 Å². The highest BCUT2D eigenvalue weighted by atomic mass is 35.5. The summed E-state index contributed by atoms with van der Waals surface area (Å²) in [4.78, 5) is 19.2. The zero-order valence-corrected chi connectivity index (χ0v) is 22.5. The van der Waals surface area contributed by atoms with Crippen LogP contribution >= 0.6 is 34.5 Å². The van der Waals surface area contributed by atoms with Crippen LogP contribution in [0.2, 0.25) is 10.0 Å². The molecule has 6 nitrogen and oxygen atoms in total. The summed E-state index contributed by atoms with van der Waals surface area (Å²) in [6.45, 7) is 0.934. The lowest BCUT2D eigenvalue weighted by Crippen LogP contribution is -2.23. The van der Waals surface area contributed by atoms with Gasteiger partial charge in [-0.25, -0.2) is 4.98 Å². The number of aromatic nitrogens is 2. The summed E-state index contributed by atoms with van der Waals surface area (Å²) < 4.78 is 13.0. The minimum atomic E-state index is -0.212. The monoisotopic (exact) mass is 551 g/mol. The van der Waals surface area contributed by atoms with Crippen molar-refractivity contribution in [3.05, 3.63) is 98.2 Å². The van der Waals surface area contributed by atoms with Gasteiger partial charge in [0.05, 0.1) is 41.8 Å². The van der Waals surface area contributed by atoms with Gasteiger partial charge in [0, 0.05) is 28.1 Å². The molecule has 5 rings (SSSR count). The van der Waals surface area contributed by atoms with Crippen molar-refractivity contribution >= 4 is 51.5 Å². The third kappa shape index (κ3) is 5.16. The fourth-order valence-electron chi connectivity index (χ4n) is 4.22. The van der Waals surface area contributed by atoms with Crippen LogP contribution < -0.4 is 14.8 Å². The van der Waals surface area contributed by atoms with Crippen LogP contribution in [0.1, 0.15) is 20.8 Å². The Morgan fingerprint density at radius 2 is 1.86 bits per heavy atom. The molecular formula is C28H23Cl2N3O3S. The molecule has 1 amide bonds. The van der Waals surface area contributed by atoms with Gasteiger partial charge >= 0.3 is 0 Å². The standard InChI is InChI=1S/C28H23Cl2N3O3S/c1-35-25-7-3-5-19(26(25)36-2)15-31-28(34)18-9-11-24-23(14-18)32-27(17-8-10-21(29)22(30)13-17)33(24)16-20-6-4-12-37-20/h3-14H,15-16H2,1-2H3,(H,31,34). The Morgan fingerprint density at radius 1 is 1.00 bits per heavy atom. The molecule has 0 saturated carbocycles. The number of thiophene rings is 1. The average molecular weight is 552 g/mol. The number of hydrogen-bond donors (Lipinski definition) is 1. The van der Waals surface area contributed by atoms with E-state index < -0.39 is 0 Å². The zero-order chi connectivity index (χ0) is 25.9. The summed E-state index contributed by atoms with van der Waals surface area (Å²) in [7, 11) is 3.16. The van der Waals surface area contributed by atoms with Crippen LogP contribution in [-0.2, 0) is 13.1 Å². The molecule has 3 aromatic carbocycles. The minimum Gasteiger partial charge on any atom is -0.493 e. The van der Waals surface area contributed by atoms with E-state index in [9.17, 15) is 4.79 Å². The van der Waals surface area contributed by atoms with Crippen molar-refractivity contribution in [1.29, 1.82) is 0 Å². The SMILES string of the molecule is COc1cccc(CNC(=O)c2ccc3c(c2)nc(-c2ccc(Cl)c(Cl)c2)n3Cc2cccs2)c1OC. The van der Waals surface area contributed by atoms with Gasteiger partial charge in [0.1, 0.15) is 5.82 Å². The van der Waals surface area contributed by atoms with Crippen molar-refractivity contribution in [3.8, 4) is 22.9 Å². The van der Waals surface area contributed by atoms with E-state index in [1.165, 1.54) is 4.88 Å². The lowest BCUT2D eigenvalue weighted by Gasteiger charge is -2.13. The number of rotatable bonds is 8. The first kappa shape index (κ1) is 25.1. The fourth-order valence-corrected chi connectivity index (χ4v) is 5.21. The molecule has 0 aliphatic heterocycles. The van der Waals surface area contributed by atoms with Gasteiger partial charge in [0.25, 0.3) is 5.91 Å². The lowest BCUT2D eigenvalue weighted by molar-refractivity contribution is 0.0950. The Hall–Kier alpha value is -3.52. The Kier molecular flexibility index (Phi) is 7.37. The van der Waals surface area contributed by atoms with E-state index in [-0.39, 0.29) is 5.91 Å². The molecule has 9 heteroatoms. The van der Waals surface area contributed by atoms with Gasteiger partial charge in [-0.2, -0.15) is 0 Å². The highest BCUT2D eigenvalue weighted by molar-refractivity contribution is 7.09. The second kappa shape index (κ2) is 10.8. The number of halogens is 2. The van der Waals surface area contributed by atoms with Crippen LogP contribution in [0.5, 0.6) is 11.5 Å². The number of nitrogens with zero attached hydrogens (tertiary/aromatic N) is 2. The largest absolute Gasteiger partial charge is 0.493 e. The first-order chi connectivity index (χ1) is 18.0. The Balaban J connectivity index is 1.47. The first-order valence-electron chi connectivity index (χ1n) is 11.4. The Bertz CT molecular complexity index is 1580. The molecule has 0 unspecified atom stereocenters. The maximum Gasteiger partial charge on any atom is 0.251 e. The van der Waals surface area contributed by atoms with Crippen LogP contribution in [0.3, 0.4) is 0 Å². The van der Waals surface area contributed by atoms with Gasteiger partial charge in [0.15, 0.2) is 11.5 Å². The quantitative estimate of drug-likeness (QED) is 0.224. The number of benzene rings is 3. The second-order valence-electron chi connectivity index (χ2n) is 8.27. The first-order valence-corrected chi connectivity index (χ1v) is 13.1. The number of imidazole rings is 1. The maximum absolute atomic E-state index is 13.1. The summed E-state index contributed by atoms with van der Waals surface area (Å²) in [5.74, 6) is 1.75.